The van der Waals surface area contributed by atoms with Crippen LogP contribution in [-0.2, 0) is 11.2 Å². The molecular formula is C16H22O3. The summed E-state index contributed by atoms with van der Waals surface area (Å²) >= 11 is 0. The summed E-state index contributed by atoms with van der Waals surface area (Å²) in [4.78, 5) is 0. The van der Waals surface area contributed by atoms with E-state index in [2.05, 4.69) is 19.9 Å². The molecule has 0 bridgehead atoms. The molecule has 0 radical (unpaired) electrons. The van der Waals surface area contributed by atoms with E-state index < -0.39 is 0 Å². The molecule has 1 unspecified atom stereocenters. The van der Waals surface area contributed by atoms with Crippen LogP contribution >= 0.6 is 0 Å². The first-order valence-electron chi connectivity index (χ1n) is 7.13. The van der Waals surface area contributed by atoms with E-state index in [1.165, 1.54) is 5.56 Å². The van der Waals surface area contributed by atoms with Crippen molar-refractivity contribution >= 4 is 0 Å². The van der Waals surface area contributed by atoms with Gasteiger partial charge in [-0.15, -0.1) is 0 Å². The average molecular weight is 262 g/mol. The molecule has 2 heterocycles. The molecule has 0 aromatic heterocycles. The SMILES string of the molecule is CC1(C)Cc2cc(C(O)C3CCOCC3)ccc2O1. The van der Waals surface area contributed by atoms with Crippen molar-refractivity contribution < 1.29 is 14.6 Å². The quantitative estimate of drug-likeness (QED) is 0.890. The summed E-state index contributed by atoms with van der Waals surface area (Å²) in [7, 11) is 0. The lowest BCUT2D eigenvalue weighted by Gasteiger charge is -2.27. The molecule has 2 aliphatic heterocycles. The molecule has 1 fully saturated rings. The number of fused-ring (bicyclic) bond motifs is 1. The van der Waals surface area contributed by atoms with Crippen molar-refractivity contribution in [1.29, 1.82) is 0 Å². The topological polar surface area (TPSA) is 38.7 Å². The van der Waals surface area contributed by atoms with Crippen LogP contribution in [0.3, 0.4) is 0 Å². The van der Waals surface area contributed by atoms with Gasteiger partial charge in [0, 0.05) is 19.6 Å². The molecule has 3 heteroatoms. The third-order valence-electron chi connectivity index (χ3n) is 4.14. The van der Waals surface area contributed by atoms with E-state index in [0.29, 0.717) is 5.92 Å². The van der Waals surface area contributed by atoms with Crippen molar-refractivity contribution in [2.24, 2.45) is 5.92 Å². The minimum atomic E-state index is -0.377. The number of hydrogen-bond donors (Lipinski definition) is 1. The third kappa shape index (κ3) is 2.63. The van der Waals surface area contributed by atoms with Crippen LogP contribution in [0.2, 0.25) is 0 Å². The molecule has 0 aliphatic carbocycles. The summed E-state index contributed by atoms with van der Waals surface area (Å²) in [6.07, 6.45) is 2.43. The van der Waals surface area contributed by atoms with E-state index in [1.807, 2.05) is 12.1 Å². The van der Waals surface area contributed by atoms with Crippen LogP contribution in [0.5, 0.6) is 5.75 Å². The van der Waals surface area contributed by atoms with Gasteiger partial charge in [0.25, 0.3) is 0 Å². The van der Waals surface area contributed by atoms with Crippen molar-refractivity contribution in [2.45, 2.75) is 44.8 Å². The lowest BCUT2D eigenvalue weighted by molar-refractivity contribution is 0.00716. The minimum Gasteiger partial charge on any atom is -0.487 e. The van der Waals surface area contributed by atoms with Crippen LogP contribution in [0.1, 0.15) is 43.9 Å². The summed E-state index contributed by atoms with van der Waals surface area (Å²) in [5, 5.41) is 10.5. The van der Waals surface area contributed by atoms with Gasteiger partial charge in [-0.2, -0.15) is 0 Å². The number of aliphatic hydroxyl groups is 1. The second-order valence-corrected chi connectivity index (χ2v) is 6.30. The van der Waals surface area contributed by atoms with Gasteiger partial charge < -0.3 is 14.6 Å². The molecule has 0 saturated carbocycles. The van der Waals surface area contributed by atoms with Crippen LogP contribution in [0.15, 0.2) is 18.2 Å². The highest BCUT2D eigenvalue weighted by atomic mass is 16.5. The zero-order valence-corrected chi connectivity index (χ0v) is 11.7. The fourth-order valence-corrected chi connectivity index (χ4v) is 3.12. The van der Waals surface area contributed by atoms with Gasteiger partial charge in [0.05, 0.1) is 6.10 Å². The molecule has 1 atom stereocenters. The Hall–Kier alpha value is -1.06. The molecule has 1 N–H and O–H groups in total. The molecule has 0 amide bonds. The molecule has 19 heavy (non-hydrogen) atoms. The second-order valence-electron chi connectivity index (χ2n) is 6.30. The third-order valence-corrected chi connectivity index (χ3v) is 4.14. The Morgan fingerprint density at radius 2 is 2.00 bits per heavy atom. The average Bonchev–Trinajstić information content (AvgIpc) is 2.71. The first-order chi connectivity index (χ1) is 9.05. The van der Waals surface area contributed by atoms with E-state index in [4.69, 9.17) is 9.47 Å². The van der Waals surface area contributed by atoms with E-state index in [-0.39, 0.29) is 11.7 Å². The van der Waals surface area contributed by atoms with Gasteiger partial charge in [-0.1, -0.05) is 6.07 Å². The molecular weight excluding hydrogens is 240 g/mol. The highest BCUT2D eigenvalue weighted by Crippen LogP contribution is 2.38. The largest absolute Gasteiger partial charge is 0.487 e. The van der Waals surface area contributed by atoms with Crippen LogP contribution < -0.4 is 4.74 Å². The van der Waals surface area contributed by atoms with Gasteiger partial charge in [-0.3, -0.25) is 0 Å². The Morgan fingerprint density at radius 3 is 2.74 bits per heavy atom. The fraction of sp³-hybridized carbons (Fsp3) is 0.625. The summed E-state index contributed by atoms with van der Waals surface area (Å²) in [6.45, 7) is 5.73. The number of ether oxygens (including phenoxy) is 2. The normalized spacial score (nSPS) is 23.7. The minimum absolute atomic E-state index is 0.120. The Balaban J connectivity index is 1.79. The first kappa shape index (κ1) is 12.9. The standard InChI is InChI=1S/C16H22O3/c1-16(2)10-13-9-12(3-4-14(13)19-16)15(17)11-5-7-18-8-6-11/h3-4,9,11,15,17H,5-8,10H2,1-2H3. The maximum Gasteiger partial charge on any atom is 0.123 e. The highest BCUT2D eigenvalue weighted by molar-refractivity contribution is 5.42. The molecule has 1 aromatic carbocycles. The smallest absolute Gasteiger partial charge is 0.123 e. The molecule has 104 valence electrons. The van der Waals surface area contributed by atoms with Gasteiger partial charge in [0.15, 0.2) is 0 Å². The maximum absolute atomic E-state index is 10.5. The van der Waals surface area contributed by atoms with Crippen LogP contribution in [0, 0.1) is 5.92 Å². The van der Waals surface area contributed by atoms with Gasteiger partial charge >= 0.3 is 0 Å². The Bertz CT molecular complexity index is 461. The Labute approximate surface area is 114 Å². The predicted octanol–water partition coefficient (Wildman–Crippen LogP) is 2.86. The fourth-order valence-electron chi connectivity index (χ4n) is 3.12. The van der Waals surface area contributed by atoms with E-state index in [1.54, 1.807) is 0 Å². The number of aliphatic hydroxyl groups excluding tert-OH is 1. The van der Waals surface area contributed by atoms with E-state index >= 15 is 0 Å². The zero-order chi connectivity index (χ0) is 13.5. The van der Waals surface area contributed by atoms with Gasteiger partial charge in [0.2, 0.25) is 0 Å². The Kier molecular flexibility index (Phi) is 3.27. The monoisotopic (exact) mass is 262 g/mol. The van der Waals surface area contributed by atoms with Crippen molar-refractivity contribution in [3.8, 4) is 5.75 Å². The molecule has 3 rings (SSSR count). The molecule has 0 spiro atoms. The lowest BCUT2D eigenvalue weighted by atomic mass is 9.88. The van der Waals surface area contributed by atoms with Crippen molar-refractivity contribution in [3.63, 3.8) is 0 Å². The van der Waals surface area contributed by atoms with Crippen molar-refractivity contribution in [1.82, 2.24) is 0 Å². The van der Waals surface area contributed by atoms with Crippen LogP contribution in [0.4, 0.5) is 0 Å². The molecule has 1 aromatic rings. The number of hydrogen-bond acceptors (Lipinski definition) is 3. The van der Waals surface area contributed by atoms with Crippen molar-refractivity contribution in [3.05, 3.63) is 29.3 Å². The summed E-state index contributed by atoms with van der Waals surface area (Å²) in [6, 6.07) is 6.12. The molecule has 2 aliphatic rings. The van der Waals surface area contributed by atoms with Crippen molar-refractivity contribution in [2.75, 3.05) is 13.2 Å². The first-order valence-corrected chi connectivity index (χ1v) is 7.13. The number of benzene rings is 1. The zero-order valence-electron chi connectivity index (χ0n) is 11.7. The summed E-state index contributed by atoms with van der Waals surface area (Å²) < 4.78 is 11.2. The molecule has 1 saturated heterocycles. The van der Waals surface area contributed by atoms with Crippen LogP contribution in [0.25, 0.3) is 0 Å². The molecule has 3 nitrogen and oxygen atoms in total. The second kappa shape index (κ2) is 4.80. The van der Waals surface area contributed by atoms with Gasteiger partial charge in [0.1, 0.15) is 11.4 Å². The van der Waals surface area contributed by atoms with Gasteiger partial charge in [-0.25, -0.2) is 0 Å². The summed E-state index contributed by atoms with van der Waals surface area (Å²) in [5.74, 6) is 1.29. The maximum atomic E-state index is 10.5. The van der Waals surface area contributed by atoms with E-state index in [9.17, 15) is 5.11 Å². The lowest BCUT2D eigenvalue weighted by Crippen LogP contribution is -2.24. The Morgan fingerprint density at radius 1 is 1.26 bits per heavy atom. The van der Waals surface area contributed by atoms with Crippen LogP contribution in [-0.4, -0.2) is 23.9 Å². The summed E-state index contributed by atoms with van der Waals surface area (Å²) in [5.41, 5.74) is 2.12. The van der Waals surface area contributed by atoms with E-state index in [0.717, 1.165) is 43.8 Å². The predicted molar refractivity (Wildman–Crippen MR) is 73.4 cm³/mol. The highest BCUT2D eigenvalue weighted by Gasteiger charge is 2.31. The van der Waals surface area contributed by atoms with Gasteiger partial charge in [-0.05, 0) is 55.9 Å². The number of rotatable bonds is 2.